The van der Waals surface area contributed by atoms with E-state index in [2.05, 4.69) is 4.72 Å². The molecule has 0 saturated carbocycles. The number of hydrogen-bond acceptors (Lipinski definition) is 4. The lowest BCUT2D eigenvalue weighted by molar-refractivity contribution is 0.414. The van der Waals surface area contributed by atoms with Crippen molar-refractivity contribution < 1.29 is 17.5 Å². The number of nitrogens with two attached hydrogens (primary N) is 1. The fraction of sp³-hybridized carbons (Fsp3) is 0.143. The first-order valence-electron chi connectivity index (χ1n) is 6.06. The number of aryl methyl sites for hydroxylation is 1. The van der Waals surface area contributed by atoms with Gasteiger partial charge in [-0.15, -0.1) is 0 Å². The van der Waals surface area contributed by atoms with E-state index in [-0.39, 0.29) is 10.6 Å². The molecule has 0 aliphatic carbocycles. The van der Waals surface area contributed by atoms with Crippen LogP contribution >= 0.6 is 0 Å². The standard InChI is InChI=1S/C14H15FN2O3S/c1-9-3-5-11(8-13(9)16)21(18,19)17-14-7-10(20-2)4-6-12(14)15/h3-8,17H,16H2,1-2H3. The zero-order valence-electron chi connectivity index (χ0n) is 11.6. The highest BCUT2D eigenvalue weighted by Gasteiger charge is 2.17. The molecule has 21 heavy (non-hydrogen) atoms. The van der Waals surface area contributed by atoms with Crippen LogP contribution in [0.1, 0.15) is 5.56 Å². The van der Waals surface area contributed by atoms with Gasteiger partial charge in [-0.25, -0.2) is 12.8 Å². The van der Waals surface area contributed by atoms with E-state index in [1.807, 2.05) is 0 Å². The first-order valence-corrected chi connectivity index (χ1v) is 7.54. The molecule has 0 unspecified atom stereocenters. The number of benzene rings is 2. The van der Waals surface area contributed by atoms with Gasteiger partial charge in [0.15, 0.2) is 0 Å². The minimum Gasteiger partial charge on any atom is -0.497 e. The Morgan fingerprint density at radius 3 is 2.52 bits per heavy atom. The number of methoxy groups -OCH3 is 1. The van der Waals surface area contributed by atoms with Crippen molar-refractivity contribution in [3.05, 3.63) is 47.8 Å². The summed E-state index contributed by atoms with van der Waals surface area (Å²) < 4.78 is 45.3. The summed E-state index contributed by atoms with van der Waals surface area (Å²) in [6.45, 7) is 1.76. The van der Waals surface area contributed by atoms with E-state index in [9.17, 15) is 12.8 Å². The maximum Gasteiger partial charge on any atom is 0.262 e. The minimum absolute atomic E-state index is 0.0344. The normalized spacial score (nSPS) is 11.2. The van der Waals surface area contributed by atoms with E-state index >= 15 is 0 Å². The molecule has 0 aliphatic heterocycles. The van der Waals surface area contributed by atoms with Crippen LogP contribution in [0, 0.1) is 12.7 Å². The number of rotatable bonds is 4. The summed E-state index contributed by atoms with van der Waals surface area (Å²) in [5.74, 6) is -0.350. The number of nitrogens with one attached hydrogen (secondary N) is 1. The van der Waals surface area contributed by atoms with Gasteiger partial charge in [-0.3, -0.25) is 4.72 Å². The number of anilines is 2. The monoisotopic (exact) mass is 310 g/mol. The van der Waals surface area contributed by atoms with E-state index in [1.165, 1.54) is 31.4 Å². The van der Waals surface area contributed by atoms with Crippen molar-refractivity contribution in [1.29, 1.82) is 0 Å². The number of ether oxygens (including phenoxy) is 1. The molecule has 5 nitrogen and oxygen atoms in total. The molecule has 2 rings (SSSR count). The summed E-state index contributed by atoms with van der Waals surface area (Å²) >= 11 is 0. The van der Waals surface area contributed by atoms with Crippen molar-refractivity contribution in [2.75, 3.05) is 17.6 Å². The molecule has 0 bridgehead atoms. The Labute approximate surface area is 122 Å². The topological polar surface area (TPSA) is 81.4 Å². The summed E-state index contributed by atoms with van der Waals surface area (Å²) in [5, 5.41) is 0. The van der Waals surface area contributed by atoms with Crippen molar-refractivity contribution in [3.63, 3.8) is 0 Å². The lowest BCUT2D eigenvalue weighted by Crippen LogP contribution is -2.14. The molecule has 2 aromatic rings. The third-order valence-electron chi connectivity index (χ3n) is 2.98. The maximum absolute atomic E-state index is 13.7. The summed E-state index contributed by atoms with van der Waals surface area (Å²) in [4.78, 5) is -0.0344. The van der Waals surface area contributed by atoms with E-state index in [0.29, 0.717) is 11.4 Å². The van der Waals surface area contributed by atoms with Crippen molar-refractivity contribution >= 4 is 21.4 Å². The lowest BCUT2D eigenvalue weighted by atomic mass is 10.2. The van der Waals surface area contributed by atoms with Crippen LogP contribution in [0.25, 0.3) is 0 Å². The van der Waals surface area contributed by atoms with Crippen molar-refractivity contribution in [1.82, 2.24) is 0 Å². The first kappa shape index (κ1) is 15.1. The van der Waals surface area contributed by atoms with Gasteiger partial charge >= 0.3 is 0 Å². The van der Waals surface area contributed by atoms with Gasteiger partial charge < -0.3 is 10.5 Å². The summed E-state index contributed by atoms with van der Waals surface area (Å²) in [6, 6.07) is 8.12. The number of nitrogen functional groups attached to an aromatic ring is 1. The molecule has 2 aromatic carbocycles. The quantitative estimate of drug-likeness (QED) is 0.850. The Balaban J connectivity index is 2.39. The van der Waals surface area contributed by atoms with Crippen LogP contribution in [0.3, 0.4) is 0 Å². The van der Waals surface area contributed by atoms with Gasteiger partial charge in [0.2, 0.25) is 0 Å². The molecule has 112 valence electrons. The van der Waals surface area contributed by atoms with Crippen molar-refractivity contribution in [3.8, 4) is 5.75 Å². The van der Waals surface area contributed by atoms with E-state index in [0.717, 1.165) is 11.6 Å². The predicted molar refractivity (Wildman–Crippen MR) is 79.4 cm³/mol. The van der Waals surface area contributed by atoms with Gasteiger partial charge in [0, 0.05) is 11.8 Å². The van der Waals surface area contributed by atoms with Gasteiger partial charge in [-0.2, -0.15) is 0 Å². The smallest absolute Gasteiger partial charge is 0.262 e. The molecule has 7 heteroatoms. The van der Waals surface area contributed by atoms with Gasteiger partial charge in [-0.05, 0) is 36.8 Å². The van der Waals surface area contributed by atoms with Gasteiger partial charge in [0.1, 0.15) is 11.6 Å². The molecule has 0 heterocycles. The van der Waals surface area contributed by atoms with Crippen LogP contribution in [-0.2, 0) is 10.0 Å². The number of sulfonamides is 1. The molecule has 0 aliphatic rings. The number of halogens is 1. The fourth-order valence-corrected chi connectivity index (χ4v) is 2.79. The molecule has 0 spiro atoms. The Bertz CT molecular complexity index is 776. The van der Waals surface area contributed by atoms with Crippen LogP contribution < -0.4 is 15.2 Å². The highest BCUT2D eigenvalue weighted by atomic mass is 32.2. The van der Waals surface area contributed by atoms with E-state index < -0.39 is 15.8 Å². The second kappa shape index (κ2) is 5.61. The Hall–Kier alpha value is -2.28. The van der Waals surface area contributed by atoms with E-state index in [1.54, 1.807) is 13.0 Å². The summed E-state index contributed by atoms with van der Waals surface area (Å²) in [6.07, 6.45) is 0. The second-order valence-corrected chi connectivity index (χ2v) is 6.15. The molecule has 0 amide bonds. The van der Waals surface area contributed by atoms with Crippen LogP contribution in [0.5, 0.6) is 5.75 Å². The van der Waals surface area contributed by atoms with Gasteiger partial charge in [0.25, 0.3) is 10.0 Å². The van der Waals surface area contributed by atoms with Crippen molar-refractivity contribution in [2.24, 2.45) is 0 Å². The molecule has 0 radical (unpaired) electrons. The lowest BCUT2D eigenvalue weighted by Gasteiger charge is -2.11. The highest BCUT2D eigenvalue weighted by Crippen LogP contribution is 2.25. The largest absolute Gasteiger partial charge is 0.497 e. The Kier molecular flexibility index (Phi) is 4.04. The number of hydrogen-bond donors (Lipinski definition) is 2. The molecule has 0 saturated heterocycles. The fourth-order valence-electron chi connectivity index (χ4n) is 1.70. The van der Waals surface area contributed by atoms with Crippen LogP contribution in [0.2, 0.25) is 0 Å². The molecular formula is C14H15FN2O3S. The molecule has 0 fully saturated rings. The predicted octanol–water partition coefficient (Wildman–Crippen LogP) is 2.53. The van der Waals surface area contributed by atoms with Crippen LogP contribution in [0.15, 0.2) is 41.3 Å². The first-order chi connectivity index (χ1) is 9.83. The van der Waals surface area contributed by atoms with Crippen LogP contribution in [0.4, 0.5) is 15.8 Å². The third-order valence-corrected chi connectivity index (χ3v) is 4.34. The average Bonchev–Trinajstić information content (AvgIpc) is 2.44. The molecular weight excluding hydrogens is 295 g/mol. The van der Waals surface area contributed by atoms with E-state index in [4.69, 9.17) is 10.5 Å². The minimum atomic E-state index is -3.93. The molecule has 0 atom stereocenters. The second-order valence-electron chi connectivity index (χ2n) is 4.47. The average molecular weight is 310 g/mol. The SMILES string of the molecule is COc1ccc(F)c(NS(=O)(=O)c2ccc(C)c(N)c2)c1. The van der Waals surface area contributed by atoms with Crippen LogP contribution in [-0.4, -0.2) is 15.5 Å². The Morgan fingerprint density at radius 1 is 1.19 bits per heavy atom. The van der Waals surface area contributed by atoms with Crippen molar-refractivity contribution in [2.45, 2.75) is 11.8 Å². The zero-order chi connectivity index (χ0) is 15.6. The highest BCUT2D eigenvalue weighted by molar-refractivity contribution is 7.92. The van der Waals surface area contributed by atoms with Gasteiger partial charge in [0.05, 0.1) is 17.7 Å². The molecule has 3 N–H and O–H groups in total. The molecule has 0 aromatic heterocycles. The third kappa shape index (κ3) is 3.25. The maximum atomic E-state index is 13.7. The zero-order valence-corrected chi connectivity index (χ0v) is 12.4. The van der Waals surface area contributed by atoms with Gasteiger partial charge in [-0.1, -0.05) is 6.07 Å². The summed E-state index contributed by atoms with van der Waals surface area (Å²) in [7, 11) is -2.52. The Morgan fingerprint density at radius 2 is 1.90 bits per heavy atom. The summed E-state index contributed by atoms with van der Waals surface area (Å²) in [5.41, 5.74) is 6.63.